The van der Waals surface area contributed by atoms with Gasteiger partial charge in [-0.2, -0.15) is 0 Å². The molecule has 2 heteroatoms. The van der Waals surface area contributed by atoms with Crippen molar-refractivity contribution in [1.82, 2.24) is 0 Å². The lowest BCUT2D eigenvalue weighted by molar-refractivity contribution is 0.622. The Bertz CT molecular complexity index is 292. The van der Waals surface area contributed by atoms with Gasteiger partial charge in [0.15, 0.2) is 0 Å². The molecule has 0 radical (unpaired) electrons. The Balaban J connectivity index is 3.28. The topological polar surface area (TPSA) is 0 Å². The Morgan fingerprint density at radius 2 is 1.92 bits per heavy atom. The van der Waals surface area contributed by atoms with E-state index in [9.17, 15) is 4.39 Å². The maximum atomic E-state index is 12.9. The molecule has 1 rings (SSSR count). The average molecular weight is 187 g/mol. The molecule has 0 amide bonds. The van der Waals surface area contributed by atoms with Crippen LogP contribution in [0.4, 0.5) is 4.39 Å². The van der Waals surface area contributed by atoms with Crippen LogP contribution in [0.25, 0.3) is 0 Å². The second-order valence-electron chi connectivity index (χ2n) is 3.28. The van der Waals surface area contributed by atoms with Gasteiger partial charge >= 0.3 is 0 Å². The molecule has 0 heterocycles. The van der Waals surface area contributed by atoms with Crippen molar-refractivity contribution in [2.45, 2.75) is 26.7 Å². The number of rotatable bonds is 1. The third-order valence-corrected chi connectivity index (χ3v) is 2.39. The lowest BCUT2D eigenvalue weighted by atomic mass is 10.0. The molecule has 0 atom stereocenters. The zero-order chi connectivity index (χ0) is 9.30. The highest BCUT2D eigenvalue weighted by Gasteiger charge is 2.08. The van der Waals surface area contributed by atoms with Crippen molar-refractivity contribution in [1.29, 1.82) is 0 Å². The van der Waals surface area contributed by atoms with Crippen LogP contribution in [-0.2, 0) is 0 Å². The molecule has 0 unspecified atom stereocenters. The lowest BCUT2D eigenvalue weighted by Crippen LogP contribution is -1.92. The van der Waals surface area contributed by atoms with Gasteiger partial charge in [0, 0.05) is 5.02 Å². The first kappa shape index (κ1) is 9.53. The van der Waals surface area contributed by atoms with Gasteiger partial charge in [0.2, 0.25) is 0 Å². The van der Waals surface area contributed by atoms with E-state index in [0.29, 0.717) is 5.02 Å². The van der Waals surface area contributed by atoms with Crippen molar-refractivity contribution < 1.29 is 4.39 Å². The van der Waals surface area contributed by atoms with Crippen molar-refractivity contribution >= 4 is 11.6 Å². The maximum Gasteiger partial charge on any atom is 0.123 e. The third kappa shape index (κ3) is 1.78. The molecule has 0 saturated heterocycles. The van der Waals surface area contributed by atoms with Crippen LogP contribution in [0.1, 0.15) is 30.9 Å². The van der Waals surface area contributed by atoms with Crippen LogP contribution in [0.3, 0.4) is 0 Å². The molecular formula is C10H12ClF. The van der Waals surface area contributed by atoms with Gasteiger partial charge in [-0.05, 0) is 36.1 Å². The van der Waals surface area contributed by atoms with Crippen LogP contribution in [0, 0.1) is 12.7 Å². The van der Waals surface area contributed by atoms with Crippen LogP contribution in [0.5, 0.6) is 0 Å². The summed E-state index contributed by atoms with van der Waals surface area (Å²) >= 11 is 5.99. The van der Waals surface area contributed by atoms with Gasteiger partial charge in [0.1, 0.15) is 5.82 Å². The molecule has 0 nitrogen and oxygen atoms in total. The smallest absolute Gasteiger partial charge is 0.123 e. The Hall–Kier alpha value is -0.560. The van der Waals surface area contributed by atoms with Crippen LogP contribution >= 0.6 is 11.6 Å². The van der Waals surface area contributed by atoms with Gasteiger partial charge in [0.05, 0.1) is 0 Å². The monoisotopic (exact) mass is 186 g/mol. The summed E-state index contributed by atoms with van der Waals surface area (Å²) in [7, 11) is 0. The van der Waals surface area contributed by atoms with Crippen LogP contribution in [-0.4, -0.2) is 0 Å². The fraction of sp³-hybridized carbons (Fsp3) is 0.400. The van der Waals surface area contributed by atoms with Crippen molar-refractivity contribution in [3.63, 3.8) is 0 Å². The molecule has 66 valence electrons. The maximum absolute atomic E-state index is 12.9. The van der Waals surface area contributed by atoms with E-state index < -0.39 is 0 Å². The van der Waals surface area contributed by atoms with E-state index in [2.05, 4.69) is 0 Å². The molecule has 0 saturated carbocycles. The highest BCUT2D eigenvalue weighted by Crippen LogP contribution is 2.27. The summed E-state index contributed by atoms with van der Waals surface area (Å²) in [6, 6.07) is 2.95. The van der Waals surface area contributed by atoms with Gasteiger partial charge in [-0.15, -0.1) is 0 Å². The van der Waals surface area contributed by atoms with E-state index >= 15 is 0 Å². The predicted molar refractivity (Wildman–Crippen MR) is 50.2 cm³/mol. The van der Waals surface area contributed by atoms with Crippen molar-refractivity contribution in [3.05, 3.63) is 34.1 Å². The molecule has 1 aromatic carbocycles. The molecule has 0 fully saturated rings. The van der Waals surface area contributed by atoms with E-state index in [1.165, 1.54) is 12.1 Å². The summed E-state index contributed by atoms with van der Waals surface area (Å²) in [4.78, 5) is 0. The molecule has 0 spiro atoms. The Morgan fingerprint density at radius 1 is 1.33 bits per heavy atom. The average Bonchev–Trinajstić information content (AvgIpc) is 1.96. The zero-order valence-electron chi connectivity index (χ0n) is 7.49. The minimum atomic E-state index is -0.208. The minimum Gasteiger partial charge on any atom is -0.207 e. The number of hydrogen-bond acceptors (Lipinski definition) is 0. The fourth-order valence-electron chi connectivity index (χ4n) is 1.17. The van der Waals surface area contributed by atoms with Gasteiger partial charge < -0.3 is 0 Å². The largest absolute Gasteiger partial charge is 0.207 e. The molecular weight excluding hydrogens is 175 g/mol. The number of hydrogen-bond donors (Lipinski definition) is 0. The summed E-state index contributed by atoms with van der Waals surface area (Å²) in [6.45, 7) is 5.82. The molecule has 0 aromatic heterocycles. The highest BCUT2D eigenvalue weighted by molar-refractivity contribution is 6.32. The molecule has 0 N–H and O–H groups in total. The summed E-state index contributed by atoms with van der Waals surface area (Å²) in [5.74, 6) is 0.0625. The van der Waals surface area contributed by atoms with Gasteiger partial charge in [-0.3, -0.25) is 0 Å². The summed E-state index contributed by atoms with van der Waals surface area (Å²) in [5.41, 5.74) is 1.69. The van der Waals surface area contributed by atoms with Crippen molar-refractivity contribution in [2.75, 3.05) is 0 Å². The number of halogens is 2. The second kappa shape index (κ2) is 3.44. The molecule has 12 heavy (non-hydrogen) atoms. The predicted octanol–water partition coefficient (Wildman–Crippen LogP) is 3.91. The summed E-state index contributed by atoms with van der Waals surface area (Å²) in [5, 5.41) is 0.686. The highest BCUT2D eigenvalue weighted by atomic mass is 35.5. The van der Waals surface area contributed by atoms with E-state index in [-0.39, 0.29) is 11.7 Å². The normalized spacial score (nSPS) is 10.8. The summed E-state index contributed by atoms with van der Waals surface area (Å²) in [6.07, 6.45) is 0. The first-order valence-corrected chi connectivity index (χ1v) is 4.35. The molecule has 1 aromatic rings. The fourth-order valence-corrected chi connectivity index (χ4v) is 1.50. The Morgan fingerprint density at radius 3 is 2.42 bits per heavy atom. The number of benzene rings is 1. The van der Waals surface area contributed by atoms with E-state index in [4.69, 9.17) is 11.6 Å². The van der Waals surface area contributed by atoms with E-state index in [1.807, 2.05) is 20.8 Å². The first-order chi connectivity index (χ1) is 5.52. The zero-order valence-corrected chi connectivity index (χ0v) is 8.24. The quantitative estimate of drug-likeness (QED) is 0.624. The molecule has 0 aliphatic heterocycles. The molecule has 0 aliphatic rings. The van der Waals surface area contributed by atoms with Gasteiger partial charge in [0.25, 0.3) is 0 Å². The van der Waals surface area contributed by atoms with Gasteiger partial charge in [-0.25, -0.2) is 4.39 Å². The third-order valence-electron chi connectivity index (χ3n) is 1.87. The Kier molecular flexibility index (Phi) is 2.73. The van der Waals surface area contributed by atoms with Crippen molar-refractivity contribution in [3.8, 4) is 0 Å². The number of aryl methyl sites for hydroxylation is 1. The van der Waals surface area contributed by atoms with Crippen molar-refractivity contribution in [2.24, 2.45) is 0 Å². The van der Waals surface area contributed by atoms with E-state index in [1.54, 1.807) is 0 Å². The summed E-state index contributed by atoms with van der Waals surface area (Å²) < 4.78 is 12.9. The van der Waals surface area contributed by atoms with Crippen LogP contribution < -0.4 is 0 Å². The first-order valence-electron chi connectivity index (χ1n) is 3.98. The standard InChI is InChI=1S/C10H12ClF/c1-6(2)9-5-8(12)4-7(3)10(9)11/h4-6H,1-3H3. The minimum absolute atomic E-state index is 0.208. The second-order valence-corrected chi connectivity index (χ2v) is 3.66. The van der Waals surface area contributed by atoms with Gasteiger partial charge in [-0.1, -0.05) is 25.4 Å². The van der Waals surface area contributed by atoms with Crippen LogP contribution in [0.2, 0.25) is 5.02 Å². The molecule has 0 aliphatic carbocycles. The Labute approximate surface area is 77.4 Å². The van der Waals surface area contributed by atoms with E-state index in [0.717, 1.165) is 11.1 Å². The molecule has 0 bridgehead atoms. The SMILES string of the molecule is Cc1cc(F)cc(C(C)C)c1Cl. The van der Waals surface area contributed by atoms with Crippen LogP contribution in [0.15, 0.2) is 12.1 Å². The lowest BCUT2D eigenvalue weighted by Gasteiger charge is -2.10.